The molecule has 5 nitrogen and oxygen atoms in total. The third-order valence-corrected chi connectivity index (χ3v) is 5.96. The summed E-state index contributed by atoms with van der Waals surface area (Å²) in [5, 5.41) is 0.639. The van der Waals surface area contributed by atoms with Crippen LogP contribution < -0.4 is 0 Å². The Bertz CT molecular complexity index is 1140. The maximum absolute atomic E-state index is 12.7. The molecular weight excluding hydrogens is 420 g/mol. The zero-order valence-corrected chi connectivity index (χ0v) is 18.7. The van der Waals surface area contributed by atoms with E-state index < -0.39 is 0 Å². The van der Waals surface area contributed by atoms with Crippen LogP contribution in [-0.2, 0) is 4.79 Å². The molecule has 1 fully saturated rings. The Balaban J connectivity index is 1.47. The predicted molar refractivity (Wildman–Crippen MR) is 129 cm³/mol. The van der Waals surface area contributed by atoms with Crippen molar-refractivity contribution in [2.75, 3.05) is 13.1 Å². The number of hydrogen-bond acceptors (Lipinski definition) is 4. The normalized spacial score (nSPS) is 15.0. The lowest BCUT2D eigenvalue weighted by atomic mass is 9.90. The Morgan fingerprint density at radius 1 is 1.06 bits per heavy atom. The van der Waals surface area contributed by atoms with Gasteiger partial charge < -0.3 is 4.90 Å². The van der Waals surface area contributed by atoms with Crippen LogP contribution in [0.1, 0.15) is 42.5 Å². The highest BCUT2D eigenvalue weighted by molar-refractivity contribution is 6.32. The Morgan fingerprint density at radius 3 is 2.59 bits per heavy atom. The second kappa shape index (κ2) is 10.3. The van der Waals surface area contributed by atoms with Gasteiger partial charge in [0.15, 0.2) is 5.82 Å². The summed E-state index contributed by atoms with van der Waals surface area (Å²) in [5.41, 5.74) is 3.81. The molecule has 1 aliphatic rings. The number of aromatic nitrogens is 3. The molecule has 0 bridgehead atoms. The summed E-state index contributed by atoms with van der Waals surface area (Å²) >= 11 is 6.18. The fraction of sp³-hybridized carbons (Fsp3) is 0.231. The molecule has 4 rings (SSSR count). The molecule has 1 amide bonds. The topological polar surface area (TPSA) is 59.0 Å². The quantitative estimate of drug-likeness (QED) is 0.477. The minimum Gasteiger partial charge on any atom is -0.339 e. The first-order valence-corrected chi connectivity index (χ1v) is 11.1. The van der Waals surface area contributed by atoms with Crippen molar-refractivity contribution in [2.45, 2.75) is 25.7 Å². The summed E-state index contributed by atoms with van der Waals surface area (Å²) in [7, 11) is 0. The number of pyridine rings is 1. The standard InChI is InChI=1S/C26H25ClN4O/c1-2-6-21-18-29-26(22-8-5-14-28-17-22)30-25(21)20-12-15-31(16-13-20)24(32)11-10-19-7-3-4-9-23(19)27/h2-11,14,17-18,20H,12-13,15-16H2,1H3/b6-2+,11-10+. The van der Waals surface area contributed by atoms with E-state index in [4.69, 9.17) is 16.6 Å². The number of allylic oxidation sites excluding steroid dienone is 1. The van der Waals surface area contributed by atoms with Gasteiger partial charge in [-0.3, -0.25) is 9.78 Å². The molecule has 32 heavy (non-hydrogen) atoms. The van der Waals surface area contributed by atoms with Gasteiger partial charge in [-0.25, -0.2) is 9.97 Å². The number of carbonyl (C=O) groups excluding carboxylic acids is 1. The van der Waals surface area contributed by atoms with E-state index in [0.717, 1.165) is 35.2 Å². The first-order valence-electron chi connectivity index (χ1n) is 10.8. The van der Waals surface area contributed by atoms with E-state index in [0.29, 0.717) is 23.9 Å². The molecular formula is C26H25ClN4O. The van der Waals surface area contributed by atoms with Crippen molar-refractivity contribution in [3.05, 3.63) is 89.0 Å². The van der Waals surface area contributed by atoms with Crippen LogP contribution in [0.5, 0.6) is 0 Å². The SMILES string of the molecule is C/C=C/c1cnc(-c2cccnc2)nc1C1CCN(C(=O)/C=C/c2ccccc2Cl)CC1. The van der Waals surface area contributed by atoms with Crippen molar-refractivity contribution in [3.8, 4) is 11.4 Å². The number of piperidine rings is 1. The highest BCUT2D eigenvalue weighted by Crippen LogP contribution is 2.31. The van der Waals surface area contributed by atoms with E-state index >= 15 is 0 Å². The van der Waals surface area contributed by atoms with Crippen LogP contribution in [0, 0.1) is 0 Å². The molecule has 3 heterocycles. The van der Waals surface area contributed by atoms with Crippen molar-refractivity contribution in [1.29, 1.82) is 0 Å². The third-order valence-electron chi connectivity index (χ3n) is 5.62. The van der Waals surface area contributed by atoms with Crippen molar-refractivity contribution in [3.63, 3.8) is 0 Å². The maximum atomic E-state index is 12.7. The number of rotatable bonds is 5. The summed E-state index contributed by atoms with van der Waals surface area (Å²) in [6, 6.07) is 11.4. The van der Waals surface area contributed by atoms with E-state index in [9.17, 15) is 4.79 Å². The van der Waals surface area contributed by atoms with Gasteiger partial charge in [-0.1, -0.05) is 42.0 Å². The molecule has 1 aliphatic heterocycles. The van der Waals surface area contributed by atoms with Gasteiger partial charge in [-0.15, -0.1) is 0 Å². The number of carbonyl (C=O) groups is 1. The molecule has 3 aromatic rings. The summed E-state index contributed by atoms with van der Waals surface area (Å²) in [5.74, 6) is 0.967. The molecule has 0 atom stereocenters. The van der Waals surface area contributed by atoms with Crippen molar-refractivity contribution < 1.29 is 4.79 Å². The smallest absolute Gasteiger partial charge is 0.246 e. The first kappa shape index (κ1) is 21.9. The third kappa shape index (κ3) is 5.11. The van der Waals surface area contributed by atoms with Gasteiger partial charge in [0.1, 0.15) is 0 Å². The number of halogens is 1. The van der Waals surface area contributed by atoms with Gasteiger partial charge in [-0.2, -0.15) is 0 Å². The van der Waals surface area contributed by atoms with E-state index in [2.05, 4.69) is 9.97 Å². The van der Waals surface area contributed by atoms with Crippen molar-refractivity contribution >= 4 is 29.7 Å². The van der Waals surface area contributed by atoms with Gasteiger partial charge in [0, 0.05) is 59.8 Å². The van der Waals surface area contributed by atoms with Gasteiger partial charge in [-0.05, 0) is 49.6 Å². The Labute approximate surface area is 193 Å². The van der Waals surface area contributed by atoms with Crippen molar-refractivity contribution in [1.82, 2.24) is 19.9 Å². The molecule has 0 radical (unpaired) electrons. The van der Waals surface area contributed by atoms with E-state index in [1.165, 1.54) is 0 Å². The van der Waals surface area contributed by atoms with Crippen LogP contribution in [0.15, 0.2) is 67.1 Å². The van der Waals surface area contributed by atoms with Crippen LogP contribution in [0.3, 0.4) is 0 Å². The largest absolute Gasteiger partial charge is 0.339 e. The molecule has 2 aromatic heterocycles. The lowest BCUT2D eigenvalue weighted by molar-refractivity contribution is -0.126. The van der Waals surface area contributed by atoms with Gasteiger partial charge in [0.05, 0.1) is 5.69 Å². The lowest BCUT2D eigenvalue weighted by Gasteiger charge is -2.31. The van der Waals surface area contributed by atoms with Crippen molar-refractivity contribution in [2.24, 2.45) is 0 Å². The molecule has 162 valence electrons. The maximum Gasteiger partial charge on any atom is 0.246 e. The molecule has 1 saturated heterocycles. The van der Waals surface area contributed by atoms with Crippen LogP contribution in [0.2, 0.25) is 5.02 Å². The van der Waals surface area contributed by atoms with Crippen LogP contribution >= 0.6 is 11.6 Å². The minimum atomic E-state index is 0.00998. The van der Waals surface area contributed by atoms with E-state index in [-0.39, 0.29) is 11.8 Å². The molecule has 1 aromatic carbocycles. The lowest BCUT2D eigenvalue weighted by Crippen LogP contribution is -2.37. The summed E-state index contributed by atoms with van der Waals surface area (Å²) in [6.07, 6.45) is 14.6. The van der Waals surface area contributed by atoms with Gasteiger partial charge in [0.25, 0.3) is 0 Å². The number of nitrogens with zero attached hydrogens (tertiary/aromatic N) is 4. The zero-order chi connectivity index (χ0) is 22.3. The minimum absolute atomic E-state index is 0.00998. The fourth-order valence-electron chi connectivity index (χ4n) is 3.92. The van der Waals surface area contributed by atoms with Gasteiger partial charge in [0.2, 0.25) is 5.91 Å². The predicted octanol–water partition coefficient (Wildman–Crippen LogP) is 5.64. The highest BCUT2D eigenvalue weighted by atomic mass is 35.5. The average molecular weight is 445 g/mol. The molecule has 0 aliphatic carbocycles. The molecule has 0 spiro atoms. The van der Waals surface area contributed by atoms with E-state index in [1.807, 2.05) is 66.6 Å². The molecule has 0 N–H and O–H groups in total. The van der Waals surface area contributed by atoms with Gasteiger partial charge >= 0.3 is 0 Å². The number of hydrogen-bond donors (Lipinski definition) is 0. The van der Waals surface area contributed by atoms with Crippen LogP contribution in [0.25, 0.3) is 23.5 Å². The second-order valence-corrected chi connectivity index (χ2v) is 8.14. The zero-order valence-electron chi connectivity index (χ0n) is 18.0. The second-order valence-electron chi connectivity index (χ2n) is 7.73. The monoisotopic (exact) mass is 444 g/mol. The van der Waals surface area contributed by atoms with Crippen LogP contribution in [-0.4, -0.2) is 38.8 Å². The summed E-state index contributed by atoms with van der Waals surface area (Å²) in [6.45, 7) is 3.38. The van der Waals surface area contributed by atoms with E-state index in [1.54, 1.807) is 24.5 Å². The Hall–Kier alpha value is -3.31. The molecule has 6 heteroatoms. The fourth-order valence-corrected chi connectivity index (χ4v) is 4.12. The Morgan fingerprint density at radius 2 is 1.88 bits per heavy atom. The molecule has 0 saturated carbocycles. The number of likely N-dealkylation sites (tertiary alicyclic amines) is 1. The van der Waals surface area contributed by atoms with Crippen LogP contribution in [0.4, 0.5) is 0 Å². The Kier molecular flexibility index (Phi) is 7.07. The summed E-state index contributed by atoms with van der Waals surface area (Å²) in [4.78, 5) is 28.2. The summed E-state index contributed by atoms with van der Waals surface area (Å²) < 4.78 is 0. The highest BCUT2D eigenvalue weighted by Gasteiger charge is 2.25. The average Bonchev–Trinajstić information content (AvgIpc) is 2.84. The molecule has 0 unspecified atom stereocenters. The number of benzene rings is 1. The first-order chi connectivity index (χ1) is 15.7. The number of amides is 1.